The number of nitro groups is 1. The number of carbonyl (C=O) groups is 4. The molecule has 1 aromatic heterocycles. The second-order valence-electron chi connectivity index (χ2n) is 7.38. The number of oxime groups is 1. The number of nitrogens with one attached hydrogen (secondary N) is 1. The number of hydrogen-bond acceptors (Lipinski definition) is 16. The maximum Gasteiger partial charge on any atom is 1.00 e. The molecular formula is C19H17N6NaO12S2. The zero-order valence-electron chi connectivity index (χ0n) is 20.5. The SMILES string of the molecule is COC(=O)[C@H]1[C@@H](NC(=O)C(=NOCC(=O)OCc2ccc([N+](=O)[O-])cc2)c2csc(N)n2)C(=O)N1S(=O)(=O)[O-].[Na+]. The van der Waals surface area contributed by atoms with E-state index in [1.807, 2.05) is 0 Å². The van der Waals surface area contributed by atoms with Crippen LogP contribution < -0.4 is 40.6 Å². The fourth-order valence-electron chi connectivity index (χ4n) is 3.08. The van der Waals surface area contributed by atoms with E-state index in [0.717, 1.165) is 18.4 Å². The molecule has 208 valence electrons. The van der Waals surface area contributed by atoms with Gasteiger partial charge in [-0.05, 0) is 17.7 Å². The van der Waals surface area contributed by atoms with Crippen LogP contribution in [0.3, 0.4) is 0 Å². The summed E-state index contributed by atoms with van der Waals surface area (Å²) in [7, 11) is -4.52. The summed E-state index contributed by atoms with van der Waals surface area (Å²) in [6.07, 6.45) is 0. The summed E-state index contributed by atoms with van der Waals surface area (Å²) in [6.45, 7) is -1.06. The van der Waals surface area contributed by atoms with E-state index < -0.39 is 63.4 Å². The molecule has 1 aromatic carbocycles. The fourth-order valence-corrected chi connectivity index (χ4v) is 4.45. The van der Waals surface area contributed by atoms with E-state index in [4.69, 9.17) is 15.3 Å². The molecule has 0 unspecified atom stereocenters. The second kappa shape index (κ2) is 13.6. The number of non-ortho nitro benzene ring substituents is 1. The van der Waals surface area contributed by atoms with Gasteiger partial charge in [0.2, 0.25) is 6.61 Å². The predicted octanol–water partition coefficient (Wildman–Crippen LogP) is -4.57. The first-order valence-electron chi connectivity index (χ1n) is 10.3. The van der Waals surface area contributed by atoms with E-state index in [2.05, 4.69) is 20.2 Å². The Labute approximate surface area is 250 Å². The molecule has 3 N–H and O–H groups in total. The smallest absolute Gasteiger partial charge is 0.731 e. The van der Waals surface area contributed by atoms with Crippen molar-refractivity contribution in [2.24, 2.45) is 5.16 Å². The van der Waals surface area contributed by atoms with Crippen LogP contribution in [-0.2, 0) is 50.4 Å². The average molecular weight is 608 g/mol. The van der Waals surface area contributed by atoms with Crippen LogP contribution in [0.25, 0.3) is 0 Å². The monoisotopic (exact) mass is 608 g/mol. The van der Waals surface area contributed by atoms with Gasteiger partial charge in [-0.1, -0.05) is 5.16 Å². The van der Waals surface area contributed by atoms with Crippen LogP contribution in [0.1, 0.15) is 11.3 Å². The van der Waals surface area contributed by atoms with Gasteiger partial charge in [-0.25, -0.2) is 27.3 Å². The van der Waals surface area contributed by atoms with Gasteiger partial charge in [-0.15, -0.1) is 11.3 Å². The predicted molar refractivity (Wildman–Crippen MR) is 126 cm³/mol. The van der Waals surface area contributed by atoms with Crippen LogP contribution in [0.2, 0.25) is 0 Å². The average Bonchev–Trinajstić information content (AvgIpc) is 3.31. The third kappa shape index (κ3) is 7.70. The number of thiazole rings is 1. The minimum atomic E-state index is -5.39. The van der Waals surface area contributed by atoms with Crippen LogP contribution in [0.5, 0.6) is 0 Å². The first-order valence-corrected chi connectivity index (χ1v) is 12.6. The number of nitro benzene ring substituents is 1. The number of nitrogens with zero attached hydrogens (tertiary/aromatic N) is 4. The molecule has 3 rings (SSSR count). The molecule has 1 saturated heterocycles. The van der Waals surface area contributed by atoms with Crippen LogP contribution in [0, 0.1) is 10.1 Å². The third-order valence-electron chi connectivity index (χ3n) is 4.89. The first-order chi connectivity index (χ1) is 18.3. The normalized spacial score (nSPS) is 16.7. The van der Waals surface area contributed by atoms with Gasteiger partial charge in [0.05, 0.1) is 12.0 Å². The van der Waals surface area contributed by atoms with Crippen LogP contribution in [0.4, 0.5) is 10.8 Å². The van der Waals surface area contributed by atoms with E-state index in [1.54, 1.807) is 0 Å². The maximum atomic E-state index is 12.9. The van der Waals surface area contributed by atoms with Crippen molar-refractivity contribution in [3.8, 4) is 0 Å². The molecule has 0 spiro atoms. The van der Waals surface area contributed by atoms with Crippen molar-refractivity contribution < 1.29 is 80.9 Å². The summed E-state index contributed by atoms with van der Waals surface area (Å²) in [6, 6.07) is 1.42. The number of carbonyl (C=O) groups excluding carboxylic acids is 4. The molecular weight excluding hydrogens is 591 g/mol. The number of methoxy groups -OCH3 is 1. The number of β-lactam (4-membered cyclic amide) rings is 1. The van der Waals surface area contributed by atoms with Crippen LogP contribution in [-0.4, -0.2) is 82.4 Å². The largest absolute Gasteiger partial charge is 1.00 e. The fraction of sp³-hybridized carbons (Fsp3) is 0.263. The second-order valence-corrected chi connectivity index (χ2v) is 9.52. The van der Waals surface area contributed by atoms with Gasteiger partial charge in [0.15, 0.2) is 27.2 Å². The molecule has 2 heterocycles. The molecule has 1 aliphatic heterocycles. The van der Waals surface area contributed by atoms with Crippen molar-refractivity contribution in [2.45, 2.75) is 18.7 Å². The molecule has 0 bridgehead atoms. The van der Waals surface area contributed by atoms with Gasteiger partial charge < -0.3 is 29.9 Å². The standard InChI is InChI=1S/C19H18N6O12S2.Na/c1-35-18(29)15-14(17(28)24(15)39(32,33)34)22-16(27)13(11-8-38-19(20)21-11)23-37-7-12(26)36-6-9-2-4-10(5-3-9)25(30)31;/h2-5,8,14-15H,6-7H2,1H3,(H2,20,21)(H,22,27)(H,32,33,34);/q;+1/p-1/t14-,15-;/m1./s1. The van der Waals surface area contributed by atoms with Crippen molar-refractivity contribution in [1.29, 1.82) is 0 Å². The molecule has 0 radical (unpaired) electrons. The first kappa shape index (κ1) is 32.5. The zero-order chi connectivity index (χ0) is 28.9. The quantitative estimate of drug-likeness (QED) is 0.0463. The maximum absolute atomic E-state index is 12.9. The van der Waals surface area contributed by atoms with Gasteiger partial charge >= 0.3 is 41.5 Å². The van der Waals surface area contributed by atoms with Crippen molar-refractivity contribution in [2.75, 3.05) is 19.5 Å². The number of hydrogen-bond donors (Lipinski definition) is 2. The number of anilines is 1. The number of aromatic nitrogens is 1. The van der Waals surface area contributed by atoms with E-state index in [1.165, 1.54) is 29.6 Å². The number of amides is 2. The molecule has 2 aromatic rings. The molecule has 18 nitrogen and oxygen atoms in total. The third-order valence-corrected chi connectivity index (χ3v) is 6.45. The van der Waals surface area contributed by atoms with Gasteiger partial charge in [-0.2, -0.15) is 0 Å². The Morgan fingerprint density at radius 3 is 2.45 bits per heavy atom. The molecule has 0 saturated carbocycles. The molecule has 2 atom stereocenters. The number of nitrogen functional groups attached to an aromatic ring is 1. The van der Waals surface area contributed by atoms with Crippen molar-refractivity contribution in [3.63, 3.8) is 0 Å². The Bertz CT molecular complexity index is 1450. The number of rotatable bonds is 11. The molecule has 21 heteroatoms. The Hall–Kier alpha value is -3.69. The van der Waals surface area contributed by atoms with Crippen molar-refractivity contribution >= 4 is 61.9 Å². The molecule has 0 aliphatic carbocycles. The van der Waals surface area contributed by atoms with Crippen molar-refractivity contribution in [1.82, 2.24) is 14.6 Å². The number of benzene rings is 1. The van der Waals surface area contributed by atoms with Gasteiger partial charge in [0.25, 0.3) is 17.5 Å². The zero-order valence-corrected chi connectivity index (χ0v) is 24.2. The summed E-state index contributed by atoms with van der Waals surface area (Å²) in [5, 5.41) is 17.5. The minimum absolute atomic E-state index is 0. The van der Waals surface area contributed by atoms with E-state index in [-0.39, 0.29) is 57.0 Å². The van der Waals surface area contributed by atoms with E-state index in [0.29, 0.717) is 5.56 Å². The molecule has 40 heavy (non-hydrogen) atoms. The van der Waals surface area contributed by atoms with E-state index in [9.17, 15) is 42.3 Å². The summed E-state index contributed by atoms with van der Waals surface area (Å²) in [5.41, 5.74) is 5.07. The Morgan fingerprint density at radius 2 is 1.93 bits per heavy atom. The summed E-state index contributed by atoms with van der Waals surface area (Å²) in [5.74, 6) is -4.83. The summed E-state index contributed by atoms with van der Waals surface area (Å²) >= 11 is 0.897. The van der Waals surface area contributed by atoms with Gasteiger partial charge in [-0.3, -0.25) is 19.7 Å². The van der Waals surface area contributed by atoms with Crippen LogP contribution in [0.15, 0.2) is 34.8 Å². The van der Waals surface area contributed by atoms with E-state index >= 15 is 0 Å². The molecule has 1 aliphatic rings. The number of ether oxygens (including phenoxy) is 2. The summed E-state index contributed by atoms with van der Waals surface area (Å²) < 4.78 is 43.1. The number of esters is 2. The Balaban J connectivity index is 0.00000560. The number of nitrogens with two attached hydrogens (primary N) is 1. The van der Waals surface area contributed by atoms with Gasteiger partial charge in [0.1, 0.15) is 18.3 Å². The Morgan fingerprint density at radius 1 is 1.27 bits per heavy atom. The summed E-state index contributed by atoms with van der Waals surface area (Å²) in [4.78, 5) is 67.8. The topological polar surface area (TPSA) is 263 Å². The van der Waals surface area contributed by atoms with Crippen molar-refractivity contribution in [3.05, 3.63) is 51.0 Å². The molecule has 1 fully saturated rings. The Kier molecular flexibility index (Phi) is 11.0. The van der Waals surface area contributed by atoms with Gasteiger partial charge in [0, 0.05) is 17.5 Å². The van der Waals surface area contributed by atoms with Crippen LogP contribution >= 0.6 is 11.3 Å². The minimum Gasteiger partial charge on any atom is -0.731 e. The molecule has 2 amide bonds.